The van der Waals surface area contributed by atoms with Gasteiger partial charge >= 0.3 is 0 Å². The summed E-state index contributed by atoms with van der Waals surface area (Å²) in [6, 6.07) is 24.6. The van der Waals surface area contributed by atoms with Crippen LogP contribution in [0.25, 0.3) is 11.1 Å². The molecule has 0 spiro atoms. The zero-order valence-corrected chi connectivity index (χ0v) is 23.1. The summed E-state index contributed by atoms with van der Waals surface area (Å²) in [5, 5.41) is 13.4. The van der Waals surface area contributed by atoms with Gasteiger partial charge in [0.15, 0.2) is 0 Å². The molecule has 38 heavy (non-hydrogen) atoms. The molecule has 1 fully saturated rings. The molecule has 0 aliphatic carbocycles. The average molecular weight is 525 g/mol. The van der Waals surface area contributed by atoms with Crippen LogP contribution in [0.5, 0.6) is 0 Å². The number of nitriles is 1. The lowest BCUT2D eigenvalue weighted by Crippen LogP contribution is -2.38. The molecule has 1 aliphatic heterocycles. The summed E-state index contributed by atoms with van der Waals surface area (Å²) in [6.07, 6.45) is 4.75. The van der Waals surface area contributed by atoms with Crippen molar-refractivity contribution in [2.75, 3.05) is 38.0 Å². The van der Waals surface area contributed by atoms with Crippen LogP contribution in [0.2, 0.25) is 5.02 Å². The zero-order chi connectivity index (χ0) is 26.9. The van der Waals surface area contributed by atoms with Crippen molar-refractivity contribution in [3.63, 3.8) is 0 Å². The standard InChI is InChI=1S/C33H37ClN4/c1-25-18-32(34)21-33(19-25)36-26(2)23-38(27(3)24-37-15-5-4-6-16-37)17-14-28-10-12-30(13-11-28)31-9-7-8-29(20-31)22-35/h7-13,18-21,36H,2-6,14-17,23-24H2,1H3. The number of benzene rings is 3. The Labute approximate surface area is 232 Å². The summed E-state index contributed by atoms with van der Waals surface area (Å²) in [5.41, 5.74) is 8.24. The monoisotopic (exact) mass is 524 g/mol. The molecule has 196 valence electrons. The van der Waals surface area contributed by atoms with Crippen LogP contribution in [0.1, 0.15) is 36.0 Å². The van der Waals surface area contributed by atoms with Gasteiger partial charge in [0, 0.05) is 35.2 Å². The first-order valence-corrected chi connectivity index (χ1v) is 13.7. The molecule has 1 aliphatic rings. The third-order valence-electron chi connectivity index (χ3n) is 7.00. The molecule has 0 amide bonds. The minimum absolute atomic E-state index is 0.677. The van der Waals surface area contributed by atoms with Crippen LogP contribution in [-0.2, 0) is 6.42 Å². The fourth-order valence-electron chi connectivity index (χ4n) is 5.00. The number of piperidine rings is 1. The molecule has 0 radical (unpaired) electrons. The number of rotatable bonds is 11. The van der Waals surface area contributed by atoms with E-state index >= 15 is 0 Å². The zero-order valence-electron chi connectivity index (χ0n) is 22.3. The second kappa shape index (κ2) is 13.3. The van der Waals surface area contributed by atoms with Crippen molar-refractivity contribution in [3.05, 3.63) is 113 Å². The maximum absolute atomic E-state index is 9.21. The fourth-order valence-corrected chi connectivity index (χ4v) is 5.29. The van der Waals surface area contributed by atoms with Crippen molar-refractivity contribution in [1.82, 2.24) is 9.80 Å². The van der Waals surface area contributed by atoms with E-state index in [-0.39, 0.29) is 0 Å². The van der Waals surface area contributed by atoms with E-state index < -0.39 is 0 Å². The number of halogens is 1. The normalized spacial score (nSPS) is 13.5. The lowest BCUT2D eigenvalue weighted by Gasteiger charge is -2.33. The largest absolute Gasteiger partial charge is 0.368 e. The minimum atomic E-state index is 0.677. The topological polar surface area (TPSA) is 42.3 Å². The molecule has 1 saturated heterocycles. The summed E-state index contributed by atoms with van der Waals surface area (Å²) in [7, 11) is 0. The molecule has 1 N–H and O–H groups in total. The van der Waals surface area contributed by atoms with E-state index in [0.29, 0.717) is 12.1 Å². The van der Waals surface area contributed by atoms with E-state index in [1.807, 2.05) is 43.3 Å². The number of nitrogens with one attached hydrogen (secondary N) is 1. The van der Waals surface area contributed by atoms with Crippen LogP contribution in [-0.4, -0.2) is 42.5 Å². The Morgan fingerprint density at radius 3 is 2.47 bits per heavy atom. The van der Waals surface area contributed by atoms with E-state index in [4.69, 9.17) is 11.6 Å². The van der Waals surface area contributed by atoms with E-state index in [1.165, 1.54) is 24.8 Å². The summed E-state index contributed by atoms with van der Waals surface area (Å²) in [6.45, 7) is 15.5. The molecule has 1 heterocycles. The number of hydrogen-bond acceptors (Lipinski definition) is 4. The second-order valence-electron chi connectivity index (χ2n) is 10.2. The quantitative estimate of drug-likeness (QED) is 0.279. The highest BCUT2D eigenvalue weighted by molar-refractivity contribution is 6.30. The lowest BCUT2D eigenvalue weighted by molar-refractivity contribution is 0.221. The molecule has 3 aromatic rings. The van der Waals surface area contributed by atoms with Crippen LogP contribution < -0.4 is 5.32 Å². The third-order valence-corrected chi connectivity index (χ3v) is 7.21. The van der Waals surface area contributed by atoms with Crippen LogP contribution in [0.15, 0.2) is 91.3 Å². The van der Waals surface area contributed by atoms with Gasteiger partial charge in [-0.25, -0.2) is 0 Å². The fraction of sp³-hybridized carbons (Fsp3) is 0.303. The van der Waals surface area contributed by atoms with E-state index in [0.717, 1.165) is 71.4 Å². The van der Waals surface area contributed by atoms with Crippen molar-refractivity contribution in [1.29, 1.82) is 5.26 Å². The van der Waals surface area contributed by atoms with Gasteiger partial charge in [-0.2, -0.15) is 5.26 Å². The Kier molecular flexibility index (Phi) is 9.65. The number of anilines is 1. The summed E-state index contributed by atoms with van der Waals surface area (Å²) in [5.74, 6) is 0. The van der Waals surface area contributed by atoms with Gasteiger partial charge in [0.2, 0.25) is 0 Å². The van der Waals surface area contributed by atoms with E-state index in [2.05, 4.69) is 64.7 Å². The van der Waals surface area contributed by atoms with Gasteiger partial charge in [-0.3, -0.25) is 4.90 Å². The Hall–Kier alpha value is -3.52. The maximum Gasteiger partial charge on any atom is 0.0991 e. The molecular formula is C33H37ClN4. The SMILES string of the molecule is C=C(CN(CCc1ccc(-c2cccc(C#N)c2)cc1)C(=C)CN1CCCCC1)Nc1cc(C)cc(Cl)c1. The van der Waals surface area contributed by atoms with Crippen molar-refractivity contribution in [2.24, 2.45) is 0 Å². The smallest absolute Gasteiger partial charge is 0.0991 e. The maximum atomic E-state index is 9.21. The van der Waals surface area contributed by atoms with Crippen LogP contribution >= 0.6 is 11.6 Å². The van der Waals surface area contributed by atoms with Crippen LogP contribution in [0.4, 0.5) is 5.69 Å². The predicted molar refractivity (Wildman–Crippen MR) is 160 cm³/mol. The van der Waals surface area contributed by atoms with Gasteiger partial charge in [-0.15, -0.1) is 0 Å². The molecule has 0 bridgehead atoms. The summed E-state index contributed by atoms with van der Waals surface area (Å²) >= 11 is 6.27. The van der Waals surface area contributed by atoms with Gasteiger partial charge in [0.05, 0.1) is 18.2 Å². The van der Waals surface area contributed by atoms with E-state index in [9.17, 15) is 5.26 Å². The Balaban J connectivity index is 1.42. The molecule has 0 saturated carbocycles. The van der Waals surface area contributed by atoms with Crippen molar-refractivity contribution >= 4 is 17.3 Å². The van der Waals surface area contributed by atoms with Gasteiger partial charge in [0.1, 0.15) is 0 Å². The van der Waals surface area contributed by atoms with Crippen molar-refractivity contribution in [3.8, 4) is 17.2 Å². The first kappa shape index (κ1) is 27.5. The predicted octanol–water partition coefficient (Wildman–Crippen LogP) is 7.66. The van der Waals surface area contributed by atoms with Crippen LogP contribution in [0, 0.1) is 18.3 Å². The minimum Gasteiger partial charge on any atom is -0.368 e. The molecule has 5 heteroatoms. The van der Waals surface area contributed by atoms with E-state index in [1.54, 1.807) is 0 Å². The van der Waals surface area contributed by atoms with Gasteiger partial charge in [0.25, 0.3) is 0 Å². The van der Waals surface area contributed by atoms with Gasteiger partial charge in [-0.1, -0.05) is 67.6 Å². The molecule has 0 unspecified atom stereocenters. The second-order valence-corrected chi connectivity index (χ2v) is 10.6. The average Bonchev–Trinajstić information content (AvgIpc) is 2.91. The van der Waals surface area contributed by atoms with Crippen molar-refractivity contribution < 1.29 is 0 Å². The highest BCUT2D eigenvalue weighted by Crippen LogP contribution is 2.23. The third kappa shape index (κ3) is 7.99. The molecule has 0 atom stereocenters. The first-order chi connectivity index (χ1) is 18.4. The lowest BCUT2D eigenvalue weighted by atomic mass is 10.0. The molecule has 4 nitrogen and oxygen atoms in total. The summed E-state index contributed by atoms with van der Waals surface area (Å²) in [4.78, 5) is 4.87. The first-order valence-electron chi connectivity index (χ1n) is 13.4. The molecule has 3 aromatic carbocycles. The number of hydrogen-bond donors (Lipinski definition) is 1. The molecule has 0 aromatic heterocycles. The Bertz CT molecular complexity index is 1280. The number of aryl methyl sites for hydroxylation is 1. The Morgan fingerprint density at radius 2 is 1.76 bits per heavy atom. The van der Waals surface area contributed by atoms with Gasteiger partial charge in [-0.05, 0) is 91.9 Å². The van der Waals surface area contributed by atoms with Gasteiger partial charge < -0.3 is 10.2 Å². The number of likely N-dealkylation sites (tertiary alicyclic amines) is 1. The van der Waals surface area contributed by atoms with Crippen LogP contribution in [0.3, 0.4) is 0 Å². The Morgan fingerprint density at radius 1 is 1.00 bits per heavy atom. The molecular weight excluding hydrogens is 488 g/mol. The molecule has 4 rings (SSSR count). The highest BCUT2D eigenvalue weighted by Gasteiger charge is 2.16. The van der Waals surface area contributed by atoms with Crippen molar-refractivity contribution in [2.45, 2.75) is 32.6 Å². The number of nitrogens with zero attached hydrogens (tertiary/aromatic N) is 3. The highest BCUT2D eigenvalue weighted by atomic mass is 35.5. The summed E-state index contributed by atoms with van der Waals surface area (Å²) < 4.78 is 0.